The zero-order valence-electron chi connectivity index (χ0n) is 27.3. The van der Waals surface area contributed by atoms with Gasteiger partial charge in [-0.3, -0.25) is 0 Å². The number of rotatable bonds is 7. The van der Waals surface area contributed by atoms with Gasteiger partial charge in [0, 0.05) is 27.8 Å². The van der Waals surface area contributed by atoms with E-state index in [1.54, 1.807) is 11.3 Å². The minimum Gasteiger partial charge on any atom is -0.233 e. The maximum absolute atomic E-state index is 5.08. The molecule has 0 radical (unpaired) electrons. The number of para-hydroxylation sites is 1. The molecule has 0 fully saturated rings. The van der Waals surface area contributed by atoms with Crippen LogP contribution in [0.25, 0.3) is 88.9 Å². The van der Waals surface area contributed by atoms with Gasteiger partial charge in [0.05, 0.1) is 21.6 Å². The number of hydrogen-bond donors (Lipinski definition) is 0. The van der Waals surface area contributed by atoms with Crippen molar-refractivity contribution in [2.45, 2.75) is 0 Å². The normalized spacial score (nSPS) is 11.1. The minimum absolute atomic E-state index is 0.609. The van der Waals surface area contributed by atoms with E-state index in [0.29, 0.717) is 23.3 Å². The Labute approximate surface area is 298 Å². The molecular weight excluding hydrogens is 645 g/mol. The van der Waals surface area contributed by atoms with Crippen LogP contribution in [0.1, 0.15) is 0 Å². The Hall–Kier alpha value is -6.70. The molecule has 0 aliphatic rings. The summed E-state index contributed by atoms with van der Waals surface area (Å²) in [6, 6.07) is 57.3. The van der Waals surface area contributed by atoms with Crippen LogP contribution < -0.4 is 0 Å². The highest BCUT2D eigenvalue weighted by molar-refractivity contribution is 7.21. The lowest BCUT2D eigenvalue weighted by molar-refractivity contribution is 1.07. The SMILES string of the molecule is c1ccc(-c2cc(-c3cccc(-c4cccc(-c5nc(-c6ccccc6)nc(-c6ccccc6)n5)c4)c3)nc(-c3nc4ccccc4s3)n2)cc1. The molecule has 0 bridgehead atoms. The summed E-state index contributed by atoms with van der Waals surface area (Å²) < 4.78 is 1.11. The first kappa shape index (κ1) is 30.4. The van der Waals surface area contributed by atoms with Gasteiger partial charge < -0.3 is 0 Å². The molecule has 9 aromatic rings. The molecule has 6 aromatic carbocycles. The van der Waals surface area contributed by atoms with E-state index in [9.17, 15) is 0 Å². The largest absolute Gasteiger partial charge is 0.233 e. The van der Waals surface area contributed by atoms with Crippen molar-refractivity contribution in [3.05, 3.63) is 170 Å². The van der Waals surface area contributed by atoms with Gasteiger partial charge >= 0.3 is 0 Å². The predicted octanol–water partition coefficient (Wildman–Crippen LogP) is 10.9. The van der Waals surface area contributed by atoms with E-state index in [1.165, 1.54) is 0 Å². The number of benzene rings is 6. The highest BCUT2D eigenvalue weighted by atomic mass is 32.1. The second-order valence-electron chi connectivity index (χ2n) is 12.0. The van der Waals surface area contributed by atoms with Gasteiger partial charge in [-0.05, 0) is 41.5 Å². The summed E-state index contributed by atoms with van der Waals surface area (Å²) >= 11 is 1.60. The molecule has 0 unspecified atom stereocenters. The molecule has 3 heterocycles. The van der Waals surface area contributed by atoms with Crippen molar-refractivity contribution < 1.29 is 0 Å². The minimum atomic E-state index is 0.609. The fourth-order valence-corrected chi connectivity index (χ4v) is 6.95. The molecule has 0 amide bonds. The van der Waals surface area contributed by atoms with E-state index in [2.05, 4.69) is 66.7 Å². The van der Waals surface area contributed by atoms with Crippen LogP contribution in [-0.2, 0) is 0 Å². The maximum atomic E-state index is 5.08. The van der Waals surface area contributed by atoms with Gasteiger partial charge in [-0.15, -0.1) is 11.3 Å². The molecule has 0 saturated carbocycles. The van der Waals surface area contributed by atoms with Crippen molar-refractivity contribution in [3.8, 4) is 78.6 Å². The number of nitrogens with zero attached hydrogens (tertiary/aromatic N) is 6. The Morgan fingerprint density at radius 1 is 0.294 bits per heavy atom. The zero-order valence-corrected chi connectivity index (χ0v) is 28.1. The lowest BCUT2D eigenvalue weighted by atomic mass is 9.99. The van der Waals surface area contributed by atoms with Crippen molar-refractivity contribution >= 4 is 21.6 Å². The van der Waals surface area contributed by atoms with Crippen molar-refractivity contribution in [1.29, 1.82) is 0 Å². The molecule has 0 aliphatic carbocycles. The third-order valence-corrected chi connectivity index (χ3v) is 9.63. The van der Waals surface area contributed by atoms with Gasteiger partial charge in [0.1, 0.15) is 0 Å². The van der Waals surface area contributed by atoms with Gasteiger partial charge in [-0.25, -0.2) is 29.9 Å². The Bertz CT molecular complexity index is 2550. The highest BCUT2D eigenvalue weighted by Gasteiger charge is 2.16. The Kier molecular flexibility index (Phi) is 7.92. The van der Waals surface area contributed by atoms with Crippen LogP contribution in [0.2, 0.25) is 0 Å². The lowest BCUT2D eigenvalue weighted by Crippen LogP contribution is -2.00. The Morgan fingerprint density at radius 2 is 0.745 bits per heavy atom. The second-order valence-corrected chi connectivity index (χ2v) is 13.0. The molecule has 3 aromatic heterocycles. The van der Waals surface area contributed by atoms with Crippen LogP contribution >= 0.6 is 11.3 Å². The number of hydrogen-bond acceptors (Lipinski definition) is 7. The van der Waals surface area contributed by atoms with Crippen LogP contribution in [0, 0.1) is 0 Å². The molecule has 0 aliphatic heterocycles. The molecule has 51 heavy (non-hydrogen) atoms. The zero-order chi connectivity index (χ0) is 34.0. The highest BCUT2D eigenvalue weighted by Crippen LogP contribution is 2.34. The van der Waals surface area contributed by atoms with Gasteiger partial charge in [-0.2, -0.15) is 0 Å². The van der Waals surface area contributed by atoms with E-state index in [4.69, 9.17) is 29.9 Å². The Balaban J connectivity index is 1.13. The van der Waals surface area contributed by atoms with E-state index in [-0.39, 0.29) is 0 Å². The second kappa shape index (κ2) is 13.3. The van der Waals surface area contributed by atoms with Crippen LogP contribution in [0.5, 0.6) is 0 Å². The summed E-state index contributed by atoms with van der Waals surface area (Å²) in [4.78, 5) is 29.7. The van der Waals surface area contributed by atoms with Crippen LogP contribution in [0.3, 0.4) is 0 Å². The summed E-state index contributed by atoms with van der Waals surface area (Å²) in [5.41, 5.74) is 9.50. The van der Waals surface area contributed by atoms with Crippen molar-refractivity contribution in [3.63, 3.8) is 0 Å². The first-order chi connectivity index (χ1) is 25.2. The molecule has 0 N–H and O–H groups in total. The van der Waals surface area contributed by atoms with Crippen molar-refractivity contribution in [2.24, 2.45) is 0 Å². The number of aromatic nitrogens is 6. The van der Waals surface area contributed by atoms with E-state index < -0.39 is 0 Å². The maximum Gasteiger partial charge on any atom is 0.189 e. The lowest BCUT2D eigenvalue weighted by Gasteiger charge is -2.11. The average molecular weight is 673 g/mol. The summed E-state index contributed by atoms with van der Waals surface area (Å²) in [5, 5.41) is 0.793. The topological polar surface area (TPSA) is 77.3 Å². The Morgan fingerprint density at radius 3 is 1.35 bits per heavy atom. The van der Waals surface area contributed by atoms with Crippen molar-refractivity contribution in [2.75, 3.05) is 0 Å². The third-order valence-electron chi connectivity index (χ3n) is 8.59. The van der Waals surface area contributed by atoms with E-state index in [0.717, 1.165) is 65.6 Å². The standard InChI is InChI=1S/C44H28N6S/c1-4-14-29(15-5-1)37-28-38(46-43(45-37)44-47-36-24-10-11-25-39(36)51-44)34-22-12-20-32(26-34)33-21-13-23-35(27-33)42-49-40(30-16-6-2-7-17-30)48-41(50-42)31-18-8-3-9-19-31/h1-28H. The molecule has 0 spiro atoms. The van der Waals surface area contributed by atoms with Gasteiger partial charge in [0.2, 0.25) is 0 Å². The first-order valence-corrected chi connectivity index (χ1v) is 17.4. The van der Waals surface area contributed by atoms with Gasteiger partial charge in [-0.1, -0.05) is 140 Å². The fourth-order valence-electron chi connectivity index (χ4n) is 6.05. The van der Waals surface area contributed by atoms with E-state index in [1.807, 2.05) is 103 Å². The smallest absolute Gasteiger partial charge is 0.189 e. The van der Waals surface area contributed by atoms with Crippen LogP contribution in [-0.4, -0.2) is 29.9 Å². The van der Waals surface area contributed by atoms with Gasteiger partial charge in [0.15, 0.2) is 28.3 Å². The predicted molar refractivity (Wildman–Crippen MR) is 207 cm³/mol. The molecule has 7 heteroatoms. The number of fused-ring (bicyclic) bond motifs is 1. The summed E-state index contributed by atoms with van der Waals surface area (Å²) in [6.07, 6.45) is 0. The van der Waals surface area contributed by atoms with Crippen LogP contribution in [0.15, 0.2) is 170 Å². The molecule has 9 rings (SSSR count). The molecule has 240 valence electrons. The monoisotopic (exact) mass is 672 g/mol. The van der Waals surface area contributed by atoms with E-state index >= 15 is 0 Å². The first-order valence-electron chi connectivity index (χ1n) is 16.6. The third kappa shape index (κ3) is 6.30. The van der Waals surface area contributed by atoms with Crippen LogP contribution in [0.4, 0.5) is 0 Å². The summed E-state index contributed by atoms with van der Waals surface area (Å²) in [6.45, 7) is 0. The molecule has 0 saturated heterocycles. The number of thiazole rings is 1. The molecule has 6 nitrogen and oxygen atoms in total. The van der Waals surface area contributed by atoms with Crippen molar-refractivity contribution in [1.82, 2.24) is 29.9 Å². The fraction of sp³-hybridized carbons (Fsp3) is 0. The van der Waals surface area contributed by atoms with Gasteiger partial charge in [0.25, 0.3) is 0 Å². The quantitative estimate of drug-likeness (QED) is 0.168. The molecule has 0 atom stereocenters. The summed E-state index contributed by atoms with van der Waals surface area (Å²) in [5.74, 6) is 2.49. The molecular formula is C44H28N6S. The summed E-state index contributed by atoms with van der Waals surface area (Å²) in [7, 11) is 0. The average Bonchev–Trinajstić information content (AvgIpc) is 3.66.